The number of ether oxygens (including phenoxy) is 2. The van der Waals surface area contributed by atoms with Crippen LogP contribution in [0.15, 0.2) is 67.0 Å². The first-order valence-electron chi connectivity index (χ1n) is 26.8. The van der Waals surface area contributed by atoms with Crippen molar-refractivity contribution in [3.8, 4) is 0 Å². The predicted molar refractivity (Wildman–Crippen MR) is 280 cm³/mol. The molecular formula is C55H74N8O14. The van der Waals surface area contributed by atoms with Gasteiger partial charge in [-0.05, 0) is 111 Å². The SMILES string of the molecule is CN1C(=O)C[C@H](C(=O)NCCOC2CCC(OCCCC(=O)NC3CCC(C(=O)NC(Cc4ccc5ccccc5c4)C(=O)NCCCC[C@H](NC(=O)N[C@@H](CCC(=O)O)C(=O)O)C(=O)O)CC3)CC2)[C@H]1c1cccnc1. The van der Waals surface area contributed by atoms with Crippen LogP contribution in [0.2, 0.25) is 0 Å². The monoisotopic (exact) mass is 1070 g/mol. The molecule has 418 valence electrons. The number of likely N-dealkylation sites (tertiary alicyclic amines) is 1. The highest BCUT2D eigenvalue weighted by molar-refractivity contribution is 5.91. The van der Waals surface area contributed by atoms with E-state index in [0.717, 1.165) is 47.6 Å². The number of nitrogens with one attached hydrogen (secondary N) is 6. The Morgan fingerprint density at radius 1 is 0.688 bits per heavy atom. The molecular weight excluding hydrogens is 997 g/mol. The van der Waals surface area contributed by atoms with Crippen molar-refractivity contribution in [2.75, 3.05) is 33.4 Å². The maximum Gasteiger partial charge on any atom is 0.326 e. The van der Waals surface area contributed by atoms with Crippen molar-refractivity contribution in [3.63, 3.8) is 0 Å². The topological polar surface area (TPSA) is 321 Å². The summed E-state index contributed by atoms with van der Waals surface area (Å²) in [7, 11) is 1.71. The third-order valence-corrected chi connectivity index (χ3v) is 14.6. The summed E-state index contributed by atoms with van der Waals surface area (Å²) in [5.74, 6) is -5.96. The lowest BCUT2D eigenvalue weighted by Crippen LogP contribution is -2.51. The zero-order chi connectivity index (χ0) is 55.3. The van der Waals surface area contributed by atoms with Crippen molar-refractivity contribution in [3.05, 3.63) is 78.1 Å². The van der Waals surface area contributed by atoms with Crippen molar-refractivity contribution >= 4 is 64.2 Å². The second-order valence-electron chi connectivity index (χ2n) is 20.3. The van der Waals surface area contributed by atoms with E-state index in [9.17, 15) is 53.4 Å². The van der Waals surface area contributed by atoms with Gasteiger partial charge in [-0.1, -0.05) is 48.5 Å². The lowest BCUT2D eigenvalue weighted by atomic mass is 9.85. The standard InChI is InChI=1S/C55H74N8O14/c1-63-47(65)32-42(49(63)38-10-6-25-56-33-38)51(69)58-27-29-77-41-21-19-40(20-22-41)76-28-7-12-46(64)59-39-17-15-36(16-18-39)50(68)60-45(31-34-13-14-35-8-2-3-9-37(35)30-34)52(70)57-26-5-4-11-43(53(71)72)61-55(75)62-44(54(73)74)23-24-48(66)67/h2-3,6,8-10,13-14,25,30,33,36,39-45,49H,4-5,7,11-12,15-24,26-29,31-32H2,1H3,(H,57,70)(H,58,69)(H,59,64)(H,60,68)(H,66,67)(H,71,72)(H,73,74)(H2,61,62,75)/t36?,39?,40?,41?,42-,43-,44-,45?,49+/m0/s1. The van der Waals surface area contributed by atoms with E-state index in [-0.39, 0.29) is 86.1 Å². The van der Waals surface area contributed by atoms with Crippen LogP contribution >= 0.6 is 0 Å². The van der Waals surface area contributed by atoms with E-state index in [4.69, 9.17) is 14.6 Å². The van der Waals surface area contributed by atoms with Gasteiger partial charge in [0.1, 0.15) is 18.1 Å². The molecule has 2 aliphatic carbocycles. The Labute approximate surface area is 447 Å². The summed E-state index contributed by atoms with van der Waals surface area (Å²) < 4.78 is 12.2. The minimum absolute atomic E-state index is 0.0479. The van der Waals surface area contributed by atoms with Crippen LogP contribution in [0.1, 0.15) is 120 Å². The zero-order valence-electron chi connectivity index (χ0n) is 43.6. The zero-order valence-corrected chi connectivity index (χ0v) is 43.6. The van der Waals surface area contributed by atoms with Gasteiger partial charge in [-0.3, -0.25) is 33.8 Å². The smallest absolute Gasteiger partial charge is 0.326 e. The van der Waals surface area contributed by atoms with Gasteiger partial charge in [0, 0.05) is 76.8 Å². The molecule has 1 unspecified atom stereocenters. The van der Waals surface area contributed by atoms with Gasteiger partial charge in [-0.25, -0.2) is 14.4 Å². The first kappa shape index (κ1) is 59.1. The molecule has 1 aromatic heterocycles. The molecule has 0 bridgehead atoms. The van der Waals surface area contributed by atoms with Gasteiger partial charge in [0.2, 0.25) is 29.5 Å². The summed E-state index contributed by atoms with van der Waals surface area (Å²) in [4.78, 5) is 118. The summed E-state index contributed by atoms with van der Waals surface area (Å²) in [5, 5.41) is 46.1. The van der Waals surface area contributed by atoms with Crippen LogP contribution in [0, 0.1) is 11.8 Å². The van der Waals surface area contributed by atoms with Crippen LogP contribution in [0.3, 0.4) is 0 Å². The number of carboxylic acid groups (broad SMARTS) is 3. The summed E-state index contributed by atoms with van der Waals surface area (Å²) in [6.07, 6.45) is 9.91. The van der Waals surface area contributed by atoms with Gasteiger partial charge in [0.05, 0.1) is 30.8 Å². The number of urea groups is 1. The highest BCUT2D eigenvalue weighted by atomic mass is 16.5. The molecule has 2 saturated carbocycles. The number of aromatic nitrogens is 1. The van der Waals surface area contributed by atoms with Gasteiger partial charge in [-0.15, -0.1) is 0 Å². The number of carbonyl (C=O) groups is 9. The minimum atomic E-state index is -1.53. The van der Waals surface area contributed by atoms with Gasteiger partial charge in [0.15, 0.2) is 0 Å². The molecule has 2 aromatic carbocycles. The number of aliphatic carboxylic acids is 3. The molecule has 22 heteroatoms. The van der Waals surface area contributed by atoms with Crippen molar-refractivity contribution in [2.24, 2.45) is 11.8 Å². The van der Waals surface area contributed by atoms with E-state index in [1.54, 1.807) is 30.4 Å². The first-order valence-corrected chi connectivity index (χ1v) is 26.8. The van der Waals surface area contributed by atoms with E-state index in [1.807, 2.05) is 48.5 Å². The Morgan fingerprint density at radius 2 is 1.36 bits per heavy atom. The summed E-state index contributed by atoms with van der Waals surface area (Å²) in [6.45, 7) is 1.31. The Morgan fingerprint density at radius 3 is 2.03 bits per heavy atom. The Bertz CT molecular complexity index is 2500. The van der Waals surface area contributed by atoms with Crippen LogP contribution in [-0.2, 0) is 54.3 Å². The summed E-state index contributed by atoms with van der Waals surface area (Å²) in [5.41, 5.74) is 1.66. The fourth-order valence-corrected chi connectivity index (χ4v) is 10.3. The van der Waals surface area contributed by atoms with Crippen molar-refractivity contribution in [1.29, 1.82) is 0 Å². The third kappa shape index (κ3) is 18.8. The molecule has 3 aromatic rings. The fourth-order valence-electron chi connectivity index (χ4n) is 10.3. The van der Waals surface area contributed by atoms with Crippen molar-refractivity contribution in [1.82, 2.24) is 41.8 Å². The molecule has 3 aliphatic rings. The first-order chi connectivity index (χ1) is 37.0. The molecule has 2 heterocycles. The Balaban J connectivity index is 0.857. The fraction of sp³-hybridized carbons (Fsp3) is 0.564. The minimum Gasteiger partial charge on any atom is -0.481 e. The number of hydrogen-bond acceptors (Lipinski definition) is 12. The lowest BCUT2D eigenvalue weighted by molar-refractivity contribution is -0.141. The molecule has 0 spiro atoms. The number of unbranched alkanes of at least 4 members (excludes halogenated alkanes) is 1. The molecule has 3 fully saturated rings. The number of carboxylic acids is 3. The maximum absolute atomic E-state index is 13.7. The molecule has 22 nitrogen and oxygen atoms in total. The van der Waals surface area contributed by atoms with Crippen LogP contribution < -0.4 is 31.9 Å². The Hall–Kier alpha value is -7.20. The average Bonchev–Trinajstić information content (AvgIpc) is 3.73. The molecule has 6 rings (SSSR count). The Kier molecular flexibility index (Phi) is 23.0. The number of amides is 7. The van der Waals surface area contributed by atoms with Gasteiger partial charge in [0.25, 0.3) is 0 Å². The number of fused-ring (bicyclic) bond motifs is 1. The van der Waals surface area contributed by atoms with E-state index >= 15 is 0 Å². The van der Waals surface area contributed by atoms with E-state index in [2.05, 4.69) is 36.9 Å². The van der Waals surface area contributed by atoms with Gasteiger partial charge < -0.3 is 61.6 Å². The number of hydrogen-bond donors (Lipinski definition) is 9. The second kappa shape index (κ2) is 29.9. The van der Waals surface area contributed by atoms with E-state index in [1.165, 1.54) is 0 Å². The molecule has 5 atom stereocenters. The summed E-state index contributed by atoms with van der Waals surface area (Å²) >= 11 is 0. The number of carbonyl (C=O) groups excluding carboxylic acids is 6. The summed E-state index contributed by atoms with van der Waals surface area (Å²) in [6, 6.07) is 11.9. The van der Waals surface area contributed by atoms with Gasteiger partial charge in [-0.2, -0.15) is 0 Å². The number of benzene rings is 2. The van der Waals surface area contributed by atoms with Crippen LogP contribution in [0.5, 0.6) is 0 Å². The van der Waals surface area contributed by atoms with Crippen LogP contribution in [-0.4, -0.2) is 148 Å². The van der Waals surface area contributed by atoms with E-state index < -0.39 is 66.7 Å². The molecule has 0 radical (unpaired) electrons. The predicted octanol–water partition coefficient (Wildman–Crippen LogP) is 3.75. The highest BCUT2D eigenvalue weighted by Gasteiger charge is 2.43. The number of pyridine rings is 1. The van der Waals surface area contributed by atoms with Crippen LogP contribution in [0.4, 0.5) is 4.79 Å². The molecule has 1 saturated heterocycles. The number of nitrogens with zero attached hydrogens (tertiary/aromatic N) is 2. The maximum atomic E-state index is 13.7. The highest BCUT2D eigenvalue weighted by Crippen LogP contribution is 2.37. The molecule has 77 heavy (non-hydrogen) atoms. The van der Waals surface area contributed by atoms with Crippen molar-refractivity contribution < 1.29 is 67.9 Å². The van der Waals surface area contributed by atoms with Gasteiger partial charge >= 0.3 is 23.9 Å². The van der Waals surface area contributed by atoms with E-state index in [0.29, 0.717) is 64.7 Å². The molecule has 1 aliphatic heterocycles. The molecule has 7 amide bonds. The van der Waals surface area contributed by atoms with Crippen LogP contribution in [0.25, 0.3) is 10.8 Å². The third-order valence-electron chi connectivity index (χ3n) is 14.6. The average molecular weight is 1070 g/mol. The molecule has 9 N–H and O–H groups in total. The normalized spacial score (nSPS) is 21.5. The van der Waals surface area contributed by atoms with Crippen molar-refractivity contribution in [2.45, 2.75) is 152 Å². The second-order valence-corrected chi connectivity index (χ2v) is 20.3. The lowest BCUT2D eigenvalue weighted by Gasteiger charge is -2.30. The largest absolute Gasteiger partial charge is 0.481 e. The number of rotatable bonds is 29. The quantitative estimate of drug-likeness (QED) is 0.0447.